The van der Waals surface area contributed by atoms with Crippen LogP contribution in [0.2, 0.25) is 0 Å². The lowest BCUT2D eigenvalue weighted by Crippen LogP contribution is -2.25. The monoisotopic (exact) mass is 179 g/mol. The van der Waals surface area contributed by atoms with Crippen molar-refractivity contribution >= 4 is 0 Å². The van der Waals surface area contributed by atoms with Crippen LogP contribution in [-0.4, -0.2) is 37.1 Å². The van der Waals surface area contributed by atoms with Crippen LogP contribution in [0.4, 0.5) is 0 Å². The maximum atomic E-state index is 5.70. The minimum atomic E-state index is 0.392. The highest BCUT2D eigenvalue weighted by Crippen LogP contribution is 2.12. The van der Waals surface area contributed by atoms with E-state index in [4.69, 9.17) is 5.73 Å². The quantitative estimate of drug-likeness (QED) is 0.739. The Balaban J connectivity index is 2.67. The molecule has 0 saturated heterocycles. The highest BCUT2D eigenvalue weighted by molar-refractivity contribution is 5.15. The summed E-state index contributed by atoms with van der Waals surface area (Å²) in [5, 5.41) is 0. The number of pyridine rings is 1. The second kappa shape index (κ2) is 4.94. The molecule has 72 valence electrons. The van der Waals surface area contributed by atoms with Gasteiger partial charge in [0, 0.05) is 31.4 Å². The highest BCUT2D eigenvalue weighted by atomic mass is 15.1. The summed E-state index contributed by atoms with van der Waals surface area (Å²) in [5.41, 5.74) is 6.92. The molecule has 0 aromatic carbocycles. The lowest BCUT2D eigenvalue weighted by molar-refractivity contribution is 0.375. The van der Waals surface area contributed by atoms with Gasteiger partial charge in [-0.15, -0.1) is 0 Å². The fraction of sp³-hybridized carbons (Fsp3) is 0.500. The van der Waals surface area contributed by atoms with Crippen LogP contribution in [0.25, 0.3) is 0 Å². The van der Waals surface area contributed by atoms with Crippen LogP contribution in [0.3, 0.4) is 0 Å². The fourth-order valence-corrected chi connectivity index (χ4v) is 1.37. The van der Waals surface area contributed by atoms with Gasteiger partial charge in [-0.3, -0.25) is 4.98 Å². The average molecular weight is 179 g/mol. The molecule has 1 atom stereocenters. The summed E-state index contributed by atoms with van der Waals surface area (Å²) in [6, 6.07) is 4.03. The first-order valence-electron chi connectivity index (χ1n) is 4.48. The summed E-state index contributed by atoms with van der Waals surface area (Å²) >= 11 is 0. The molecule has 13 heavy (non-hydrogen) atoms. The number of nitrogens with zero attached hydrogens (tertiary/aromatic N) is 2. The molecule has 1 aromatic heterocycles. The summed E-state index contributed by atoms with van der Waals surface area (Å²) < 4.78 is 0. The minimum absolute atomic E-state index is 0.392. The van der Waals surface area contributed by atoms with Gasteiger partial charge in [-0.25, -0.2) is 0 Å². The molecule has 0 aliphatic heterocycles. The predicted molar refractivity (Wildman–Crippen MR) is 54.6 cm³/mol. The third-order valence-corrected chi connectivity index (χ3v) is 2.03. The van der Waals surface area contributed by atoms with E-state index in [2.05, 4.69) is 30.0 Å². The molecule has 0 fully saturated rings. The van der Waals surface area contributed by atoms with Crippen molar-refractivity contribution in [2.75, 3.05) is 27.2 Å². The minimum Gasteiger partial charge on any atom is -0.330 e. The molecule has 3 heteroatoms. The lowest BCUT2D eigenvalue weighted by Gasteiger charge is -2.19. The van der Waals surface area contributed by atoms with Crippen molar-refractivity contribution in [2.45, 2.75) is 5.92 Å². The molecule has 0 saturated carbocycles. The van der Waals surface area contributed by atoms with Gasteiger partial charge in [0.25, 0.3) is 0 Å². The summed E-state index contributed by atoms with van der Waals surface area (Å²) in [6.45, 7) is 1.64. The van der Waals surface area contributed by atoms with Gasteiger partial charge in [-0.05, 0) is 25.7 Å². The Labute approximate surface area is 79.6 Å². The van der Waals surface area contributed by atoms with Crippen LogP contribution in [-0.2, 0) is 0 Å². The molecule has 3 nitrogen and oxygen atoms in total. The molecule has 1 rings (SSSR count). The zero-order valence-electron chi connectivity index (χ0n) is 8.27. The maximum absolute atomic E-state index is 5.70. The normalized spacial score (nSPS) is 13.2. The predicted octanol–water partition coefficient (Wildman–Crippen LogP) is 0.685. The Bertz CT molecular complexity index is 233. The first kappa shape index (κ1) is 10.2. The summed E-state index contributed by atoms with van der Waals surface area (Å²) in [7, 11) is 4.11. The Kier molecular flexibility index (Phi) is 3.86. The van der Waals surface area contributed by atoms with E-state index in [9.17, 15) is 0 Å². The molecule has 2 N–H and O–H groups in total. The van der Waals surface area contributed by atoms with Crippen molar-refractivity contribution in [3.8, 4) is 0 Å². The van der Waals surface area contributed by atoms with E-state index < -0.39 is 0 Å². The fourth-order valence-electron chi connectivity index (χ4n) is 1.37. The van der Waals surface area contributed by atoms with Gasteiger partial charge in [0.1, 0.15) is 0 Å². The molecular formula is C10H17N3. The van der Waals surface area contributed by atoms with Crippen LogP contribution < -0.4 is 5.73 Å². The molecule has 1 heterocycles. The third kappa shape index (κ3) is 3.13. The van der Waals surface area contributed by atoms with Crippen LogP contribution in [0.15, 0.2) is 24.5 Å². The Hall–Kier alpha value is -0.930. The van der Waals surface area contributed by atoms with Crippen LogP contribution in [0, 0.1) is 0 Å². The lowest BCUT2D eigenvalue weighted by atomic mass is 10.0. The van der Waals surface area contributed by atoms with Crippen molar-refractivity contribution in [3.63, 3.8) is 0 Å². The molecule has 0 amide bonds. The van der Waals surface area contributed by atoms with E-state index in [-0.39, 0.29) is 0 Å². The van der Waals surface area contributed by atoms with Crippen molar-refractivity contribution in [1.29, 1.82) is 0 Å². The van der Waals surface area contributed by atoms with Crippen LogP contribution in [0.1, 0.15) is 11.5 Å². The van der Waals surface area contributed by atoms with E-state index in [1.807, 2.05) is 12.3 Å². The van der Waals surface area contributed by atoms with Crippen LogP contribution in [0.5, 0.6) is 0 Å². The van der Waals surface area contributed by atoms with Crippen molar-refractivity contribution in [3.05, 3.63) is 30.1 Å². The number of nitrogens with two attached hydrogens (primary N) is 1. The summed E-state index contributed by atoms with van der Waals surface area (Å²) in [5.74, 6) is 0.392. The first-order chi connectivity index (χ1) is 6.24. The molecule has 0 aliphatic carbocycles. The van der Waals surface area contributed by atoms with Crippen LogP contribution >= 0.6 is 0 Å². The zero-order valence-corrected chi connectivity index (χ0v) is 8.27. The zero-order chi connectivity index (χ0) is 9.68. The van der Waals surface area contributed by atoms with E-state index >= 15 is 0 Å². The Morgan fingerprint density at radius 1 is 1.54 bits per heavy atom. The van der Waals surface area contributed by atoms with Gasteiger partial charge in [-0.2, -0.15) is 0 Å². The van der Waals surface area contributed by atoms with Gasteiger partial charge in [0.15, 0.2) is 0 Å². The SMILES string of the molecule is CN(C)CC(CN)c1cccnc1. The molecule has 0 radical (unpaired) electrons. The maximum Gasteiger partial charge on any atom is 0.0303 e. The number of likely N-dealkylation sites (N-methyl/N-ethyl adjacent to an activating group) is 1. The third-order valence-electron chi connectivity index (χ3n) is 2.03. The van der Waals surface area contributed by atoms with Gasteiger partial charge in [0.05, 0.1) is 0 Å². The molecule has 0 aliphatic rings. The second-order valence-corrected chi connectivity index (χ2v) is 3.48. The first-order valence-corrected chi connectivity index (χ1v) is 4.48. The number of hydrogen-bond acceptors (Lipinski definition) is 3. The molecule has 0 bridgehead atoms. The Morgan fingerprint density at radius 3 is 2.77 bits per heavy atom. The van der Waals surface area contributed by atoms with Crippen molar-refractivity contribution in [2.24, 2.45) is 5.73 Å². The molecule has 0 spiro atoms. The molecular weight excluding hydrogens is 162 g/mol. The smallest absolute Gasteiger partial charge is 0.0303 e. The van der Waals surface area contributed by atoms with Gasteiger partial charge < -0.3 is 10.6 Å². The Morgan fingerprint density at radius 2 is 2.31 bits per heavy atom. The molecule has 1 unspecified atom stereocenters. The molecule has 1 aromatic rings. The largest absolute Gasteiger partial charge is 0.330 e. The van der Waals surface area contributed by atoms with Crippen molar-refractivity contribution < 1.29 is 0 Å². The van der Waals surface area contributed by atoms with E-state index in [1.165, 1.54) is 5.56 Å². The summed E-state index contributed by atoms with van der Waals surface area (Å²) in [4.78, 5) is 6.23. The highest BCUT2D eigenvalue weighted by Gasteiger charge is 2.09. The number of aromatic nitrogens is 1. The van der Waals surface area contributed by atoms with E-state index in [1.54, 1.807) is 6.20 Å². The average Bonchev–Trinajstić information content (AvgIpc) is 2.15. The second-order valence-electron chi connectivity index (χ2n) is 3.48. The van der Waals surface area contributed by atoms with E-state index in [0.29, 0.717) is 12.5 Å². The van der Waals surface area contributed by atoms with E-state index in [0.717, 1.165) is 6.54 Å². The summed E-state index contributed by atoms with van der Waals surface area (Å²) in [6.07, 6.45) is 3.67. The van der Waals surface area contributed by atoms with Gasteiger partial charge in [0.2, 0.25) is 0 Å². The van der Waals surface area contributed by atoms with Gasteiger partial charge >= 0.3 is 0 Å². The van der Waals surface area contributed by atoms with Gasteiger partial charge in [-0.1, -0.05) is 6.07 Å². The number of rotatable bonds is 4. The standard InChI is InChI=1S/C10H17N3/c1-13(2)8-10(6-11)9-4-3-5-12-7-9/h3-5,7,10H,6,8,11H2,1-2H3. The topological polar surface area (TPSA) is 42.1 Å². The number of hydrogen-bond donors (Lipinski definition) is 1. The van der Waals surface area contributed by atoms with Crippen molar-refractivity contribution in [1.82, 2.24) is 9.88 Å².